The number of Topliss-reactive ketones (excluding diaryl/α,β-unsaturated/α-hetero) is 1. The van der Waals surface area contributed by atoms with Crippen LogP contribution >= 0.6 is 11.3 Å². The predicted octanol–water partition coefficient (Wildman–Crippen LogP) is 6.21. The first-order valence-corrected chi connectivity index (χ1v) is 19.4. The SMILES string of the molecule is O=C1COc2ccc(cc2)C[C@@H](C(=O)O)CC(=O)[C@@H](Cc2ccc(C(F)(F)F)cc2)NC(=O)[C@H](Cc2ccc(-c3ccccc3)cc2)NC(=O)[C@@H](Cc2cccs2)N1. The van der Waals surface area contributed by atoms with E-state index in [1.807, 2.05) is 47.8 Å². The second-order valence-corrected chi connectivity index (χ2v) is 15.1. The molecule has 10 nitrogen and oxygen atoms in total. The fraction of sp³-hybridized carbons (Fsp3) is 0.250. The Labute approximate surface area is 336 Å². The van der Waals surface area contributed by atoms with Gasteiger partial charge in [-0.1, -0.05) is 84.9 Å². The van der Waals surface area contributed by atoms with Gasteiger partial charge in [0, 0.05) is 24.1 Å². The fourth-order valence-electron chi connectivity index (χ4n) is 6.63. The summed E-state index contributed by atoms with van der Waals surface area (Å²) in [4.78, 5) is 68.9. The van der Waals surface area contributed by atoms with Crippen molar-refractivity contribution in [2.24, 2.45) is 5.92 Å². The number of carboxylic acids is 1. The molecule has 4 aromatic carbocycles. The average Bonchev–Trinajstić information content (AvgIpc) is 3.73. The fourth-order valence-corrected chi connectivity index (χ4v) is 7.38. The molecule has 0 spiro atoms. The van der Waals surface area contributed by atoms with Gasteiger partial charge in [0.1, 0.15) is 17.8 Å². The molecule has 300 valence electrons. The summed E-state index contributed by atoms with van der Waals surface area (Å²) in [6, 6.07) is 27.1. The Bertz CT molecular complexity index is 2200. The van der Waals surface area contributed by atoms with Gasteiger partial charge in [0.2, 0.25) is 11.8 Å². The number of thiophene rings is 1. The van der Waals surface area contributed by atoms with E-state index in [0.717, 1.165) is 28.1 Å². The van der Waals surface area contributed by atoms with Gasteiger partial charge in [0.15, 0.2) is 12.4 Å². The molecule has 4 N–H and O–H groups in total. The van der Waals surface area contributed by atoms with Gasteiger partial charge in [-0.05, 0) is 76.4 Å². The number of aliphatic carboxylic acids is 1. The van der Waals surface area contributed by atoms with Crippen molar-refractivity contribution in [1.82, 2.24) is 16.0 Å². The van der Waals surface area contributed by atoms with E-state index < -0.39 is 78.3 Å². The molecule has 3 amide bonds. The van der Waals surface area contributed by atoms with Gasteiger partial charge in [-0.15, -0.1) is 11.3 Å². The number of alkyl halides is 3. The zero-order valence-corrected chi connectivity index (χ0v) is 31.9. The Balaban J connectivity index is 1.35. The lowest BCUT2D eigenvalue weighted by molar-refractivity contribution is -0.144. The predicted molar refractivity (Wildman–Crippen MR) is 211 cm³/mol. The van der Waals surface area contributed by atoms with Crippen LogP contribution in [0.4, 0.5) is 13.2 Å². The first-order valence-electron chi connectivity index (χ1n) is 18.5. The third-order valence-electron chi connectivity index (χ3n) is 9.77. The molecule has 0 aliphatic carbocycles. The first kappa shape index (κ1) is 41.4. The number of rotatable bonds is 8. The van der Waals surface area contributed by atoms with Crippen molar-refractivity contribution in [3.05, 3.63) is 148 Å². The van der Waals surface area contributed by atoms with E-state index in [1.165, 1.54) is 23.5 Å². The Kier molecular flexibility index (Phi) is 13.4. The number of ketones is 1. The van der Waals surface area contributed by atoms with Crippen LogP contribution in [0.5, 0.6) is 5.75 Å². The zero-order chi connectivity index (χ0) is 41.2. The lowest BCUT2D eigenvalue weighted by Crippen LogP contribution is -2.57. The Morgan fingerprint density at radius 3 is 1.86 bits per heavy atom. The third kappa shape index (κ3) is 11.4. The van der Waals surface area contributed by atoms with Crippen LogP contribution in [0.1, 0.15) is 33.6 Å². The maximum absolute atomic E-state index is 14.4. The van der Waals surface area contributed by atoms with Gasteiger partial charge >= 0.3 is 12.1 Å². The molecule has 2 bridgehead atoms. The molecule has 5 aromatic rings. The molecule has 3 heterocycles. The van der Waals surface area contributed by atoms with Crippen LogP contribution in [-0.2, 0) is 55.8 Å². The van der Waals surface area contributed by atoms with Gasteiger partial charge in [-0.3, -0.25) is 24.0 Å². The number of halogens is 3. The highest BCUT2D eigenvalue weighted by Crippen LogP contribution is 2.29. The van der Waals surface area contributed by atoms with Crippen LogP contribution in [0.15, 0.2) is 121 Å². The summed E-state index contributed by atoms with van der Waals surface area (Å²) in [5.41, 5.74) is 2.45. The van der Waals surface area contributed by atoms with Gasteiger partial charge < -0.3 is 25.8 Å². The Morgan fingerprint density at radius 1 is 0.672 bits per heavy atom. The number of benzene rings is 4. The first-order chi connectivity index (χ1) is 27.8. The van der Waals surface area contributed by atoms with Gasteiger partial charge in [0.25, 0.3) is 5.91 Å². The maximum atomic E-state index is 14.4. The number of hydrogen-bond donors (Lipinski definition) is 4. The van der Waals surface area contributed by atoms with Crippen molar-refractivity contribution in [1.29, 1.82) is 0 Å². The molecule has 58 heavy (non-hydrogen) atoms. The Hall–Kier alpha value is -6.28. The molecule has 1 aromatic heterocycles. The maximum Gasteiger partial charge on any atom is 0.416 e. The minimum absolute atomic E-state index is 0.0532. The number of nitrogens with one attached hydrogen (secondary N) is 3. The summed E-state index contributed by atoms with van der Waals surface area (Å²) in [5, 5.41) is 20.2. The minimum Gasteiger partial charge on any atom is -0.484 e. The van der Waals surface area contributed by atoms with Crippen molar-refractivity contribution in [3.63, 3.8) is 0 Å². The van der Waals surface area contributed by atoms with Crippen LogP contribution in [0.3, 0.4) is 0 Å². The standard InChI is InChI=1S/C44H40F3N3O7S/c45-44(46,47)33-16-10-29(11-17-33)22-36-39(51)24-32(43(55)56)21-27-12-18-34(19-13-27)57-26-40(52)48-38(25-35-7-4-20-58-35)42(54)50-37(41(53)49-36)23-28-8-14-31(15-9-28)30-5-2-1-3-6-30/h1-20,32,36-38H,21-26H2,(H,48,52)(H,49,53)(H,50,54)(H,55,56)/t32-,36-,37+,38-/m1/s1. The van der Waals surface area contributed by atoms with Crippen LogP contribution in [0, 0.1) is 5.92 Å². The molecule has 14 heteroatoms. The summed E-state index contributed by atoms with van der Waals surface area (Å²) in [6.45, 7) is -0.441. The third-order valence-corrected chi connectivity index (χ3v) is 10.7. The zero-order valence-electron chi connectivity index (χ0n) is 31.0. The normalized spacial score (nSPS) is 19.8. The molecule has 0 unspecified atom stereocenters. The highest BCUT2D eigenvalue weighted by Gasteiger charge is 2.34. The van der Waals surface area contributed by atoms with E-state index in [1.54, 1.807) is 48.5 Å². The van der Waals surface area contributed by atoms with Crippen molar-refractivity contribution >= 4 is 40.8 Å². The summed E-state index contributed by atoms with van der Waals surface area (Å²) >= 11 is 1.38. The lowest BCUT2D eigenvalue weighted by Gasteiger charge is -2.26. The quantitative estimate of drug-likeness (QED) is 0.136. The Morgan fingerprint density at radius 2 is 1.26 bits per heavy atom. The molecule has 4 atom stereocenters. The second-order valence-electron chi connectivity index (χ2n) is 14.0. The van der Waals surface area contributed by atoms with Crippen molar-refractivity contribution in [2.45, 2.75) is 56.4 Å². The highest BCUT2D eigenvalue weighted by molar-refractivity contribution is 7.09. The number of carbonyl (C=O) groups excluding carboxylic acids is 4. The van der Waals surface area contributed by atoms with Crippen molar-refractivity contribution in [2.75, 3.05) is 6.61 Å². The molecule has 0 radical (unpaired) electrons. The molecule has 2 aliphatic heterocycles. The van der Waals surface area contributed by atoms with Crippen molar-refractivity contribution < 1.29 is 47.0 Å². The van der Waals surface area contributed by atoms with E-state index in [0.29, 0.717) is 16.9 Å². The number of carbonyl (C=O) groups is 5. The molecule has 2 aliphatic rings. The van der Waals surface area contributed by atoms with Crippen LogP contribution in [0.25, 0.3) is 11.1 Å². The van der Waals surface area contributed by atoms with Gasteiger partial charge in [-0.25, -0.2) is 0 Å². The molecule has 7 rings (SSSR count). The van der Waals surface area contributed by atoms with Crippen molar-refractivity contribution in [3.8, 4) is 16.9 Å². The molecule has 0 saturated carbocycles. The van der Waals surface area contributed by atoms with Gasteiger partial charge in [-0.2, -0.15) is 13.2 Å². The van der Waals surface area contributed by atoms with E-state index in [4.69, 9.17) is 4.74 Å². The van der Waals surface area contributed by atoms with Crippen LogP contribution in [-0.4, -0.2) is 59.3 Å². The number of fused-ring (bicyclic) bond motifs is 16. The second kappa shape index (κ2) is 18.8. The van der Waals surface area contributed by atoms with Crippen LogP contribution < -0.4 is 20.7 Å². The number of hydrogen-bond acceptors (Lipinski definition) is 7. The highest BCUT2D eigenvalue weighted by atomic mass is 32.1. The molecule has 0 saturated heterocycles. The summed E-state index contributed by atoms with van der Waals surface area (Å²) in [7, 11) is 0. The number of ether oxygens (including phenoxy) is 1. The monoisotopic (exact) mass is 811 g/mol. The van der Waals surface area contributed by atoms with E-state index >= 15 is 0 Å². The van der Waals surface area contributed by atoms with Crippen LogP contribution in [0.2, 0.25) is 0 Å². The van der Waals surface area contributed by atoms with E-state index in [-0.39, 0.29) is 31.2 Å². The van der Waals surface area contributed by atoms with E-state index in [2.05, 4.69) is 16.0 Å². The smallest absolute Gasteiger partial charge is 0.416 e. The molecular formula is C44H40F3N3O7S. The number of carboxylic acid groups (broad SMARTS) is 1. The minimum atomic E-state index is -4.61. The topological polar surface area (TPSA) is 151 Å². The number of amides is 3. The van der Waals surface area contributed by atoms with Gasteiger partial charge in [0.05, 0.1) is 17.5 Å². The molecular weight excluding hydrogens is 772 g/mol. The largest absolute Gasteiger partial charge is 0.484 e. The summed E-state index contributed by atoms with van der Waals surface area (Å²) in [6.07, 6.45) is -5.40. The summed E-state index contributed by atoms with van der Waals surface area (Å²) < 4.78 is 45.8. The average molecular weight is 812 g/mol. The molecule has 0 fully saturated rings. The lowest BCUT2D eigenvalue weighted by atomic mass is 9.90. The summed E-state index contributed by atoms with van der Waals surface area (Å²) in [5.74, 6) is -4.95. The van der Waals surface area contributed by atoms with E-state index in [9.17, 15) is 42.3 Å².